The fourth-order valence-electron chi connectivity index (χ4n) is 2.93. The molecule has 1 aliphatic rings. The van der Waals surface area contributed by atoms with E-state index in [1.54, 1.807) is 0 Å². The molecule has 118 valence electrons. The molecule has 1 aromatic rings. The maximum atomic E-state index is 9.98. The van der Waals surface area contributed by atoms with Crippen LogP contribution in [0.25, 0.3) is 0 Å². The molecular formula is C17H26BrNO2. The first-order chi connectivity index (χ1) is 9.81. The number of halogens is 1. The summed E-state index contributed by atoms with van der Waals surface area (Å²) in [4.78, 5) is 2.49. The number of likely N-dealkylation sites (tertiary alicyclic amines) is 1. The van der Waals surface area contributed by atoms with Crippen molar-refractivity contribution in [3.05, 3.63) is 22.2 Å². The molecule has 1 heterocycles. The molecule has 0 aliphatic carbocycles. The SMILES string of the molecule is CCOc1cc(CN2CCC(C(C)(C)C)C2)cc(Br)c1O. The van der Waals surface area contributed by atoms with Gasteiger partial charge < -0.3 is 9.84 Å². The molecule has 1 atom stereocenters. The number of phenolic OH excluding ortho intramolecular Hbond substituents is 1. The molecule has 1 N–H and O–H groups in total. The van der Waals surface area contributed by atoms with E-state index in [1.165, 1.54) is 12.0 Å². The van der Waals surface area contributed by atoms with Gasteiger partial charge in [-0.1, -0.05) is 20.8 Å². The van der Waals surface area contributed by atoms with Crippen molar-refractivity contribution in [3.63, 3.8) is 0 Å². The Bertz CT molecular complexity index is 496. The highest BCUT2D eigenvalue weighted by atomic mass is 79.9. The van der Waals surface area contributed by atoms with Gasteiger partial charge in [0, 0.05) is 13.1 Å². The number of nitrogens with zero attached hydrogens (tertiary/aromatic N) is 1. The van der Waals surface area contributed by atoms with Crippen molar-refractivity contribution in [1.29, 1.82) is 0 Å². The third kappa shape index (κ3) is 4.13. The van der Waals surface area contributed by atoms with Crippen molar-refractivity contribution in [3.8, 4) is 11.5 Å². The molecule has 1 aliphatic heterocycles. The quantitative estimate of drug-likeness (QED) is 0.867. The number of ether oxygens (including phenoxy) is 1. The summed E-state index contributed by atoms with van der Waals surface area (Å²) in [6, 6.07) is 3.94. The van der Waals surface area contributed by atoms with Gasteiger partial charge in [-0.25, -0.2) is 0 Å². The second-order valence-corrected chi connectivity index (χ2v) is 7.80. The maximum Gasteiger partial charge on any atom is 0.172 e. The lowest BCUT2D eigenvalue weighted by Gasteiger charge is -2.27. The summed E-state index contributed by atoms with van der Waals surface area (Å²) in [5, 5.41) is 9.98. The van der Waals surface area contributed by atoms with Crippen molar-refractivity contribution in [2.24, 2.45) is 11.3 Å². The largest absolute Gasteiger partial charge is 0.503 e. The van der Waals surface area contributed by atoms with Crippen LogP contribution in [0.4, 0.5) is 0 Å². The molecule has 1 saturated heterocycles. The lowest BCUT2D eigenvalue weighted by molar-refractivity contribution is 0.226. The minimum atomic E-state index is 0.189. The van der Waals surface area contributed by atoms with Crippen LogP contribution in [0.3, 0.4) is 0 Å². The zero-order valence-electron chi connectivity index (χ0n) is 13.4. The molecule has 3 nitrogen and oxygen atoms in total. The number of benzene rings is 1. The summed E-state index contributed by atoms with van der Waals surface area (Å²) in [5.74, 6) is 1.51. The number of rotatable bonds is 4. The Balaban J connectivity index is 2.07. The molecule has 21 heavy (non-hydrogen) atoms. The first-order valence-corrected chi connectivity index (χ1v) is 8.47. The van der Waals surface area contributed by atoms with Crippen LogP contribution in [0.2, 0.25) is 0 Å². The summed E-state index contributed by atoms with van der Waals surface area (Å²) < 4.78 is 6.20. The molecule has 0 amide bonds. The Morgan fingerprint density at radius 3 is 2.67 bits per heavy atom. The van der Waals surface area contributed by atoms with E-state index in [0.717, 1.165) is 25.6 Å². The number of hydrogen-bond acceptors (Lipinski definition) is 3. The van der Waals surface area contributed by atoms with Crippen LogP contribution in [0.1, 0.15) is 39.7 Å². The molecule has 1 fully saturated rings. The fourth-order valence-corrected chi connectivity index (χ4v) is 3.41. The summed E-state index contributed by atoms with van der Waals surface area (Å²) in [6.07, 6.45) is 1.26. The zero-order chi connectivity index (χ0) is 15.6. The van der Waals surface area contributed by atoms with Gasteiger partial charge in [-0.3, -0.25) is 4.90 Å². The first kappa shape index (κ1) is 16.6. The molecule has 0 aromatic heterocycles. The lowest BCUT2D eigenvalue weighted by atomic mass is 9.80. The molecule has 1 aromatic carbocycles. The molecule has 4 heteroatoms. The Morgan fingerprint density at radius 2 is 2.10 bits per heavy atom. The van der Waals surface area contributed by atoms with Gasteiger partial charge in [0.1, 0.15) is 0 Å². The van der Waals surface area contributed by atoms with Gasteiger partial charge in [-0.15, -0.1) is 0 Å². The van der Waals surface area contributed by atoms with E-state index in [0.29, 0.717) is 22.2 Å². The Labute approximate surface area is 136 Å². The van der Waals surface area contributed by atoms with Gasteiger partial charge in [0.25, 0.3) is 0 Å². The average molecular weight is 356 g/mol. The fraction of sp³-hybridized carbons (Fsp3) is 0.647. The highest BCUT2D eigenvalue weighted by Gasteiger charge is 2.31. The van der Waals surface area contributed by atoms with Crippen LogP contribution in [-0.4, -0.2) is 29.7 Å². The van der Waals surface area contributed by atoms with Gasteiger partial charge in [-0.05, 0) is 64.8 Å². The van der Waals surface area contributed by atoms with Crippen molar-refractivity contribution in [1.82, 2.24) is 4.90 Å². The molecular weight excluding hydrogens is 330 g/mol. The van der Waals surface area contributed by atoms with Crippen molar-refractivity contribution in [2.45, 2.75) is 40.7 Å². The molecule has 1 unspecified atom stereocenters. The van der Waals surface area contributed by atoms with Crippen molar-refractivity contribution in [2.75, 3.05) is 19.7 Å². The molecule has 0 bridgehead atoms. The van der Waals surface area contributed by atoms with Crippen LogP contribution in [0.15, 0.2) is 16.6 Å². The molecule has 0 spiro atoms. The predicted octanol–water partition coefficient (Wildman–Crippen LogP) is 4.42. The van der Waals surface area contributed by atoms with Gasteiger partial charge in [0.05, 0.1) is 11.1 Å². The predicted molar refractivity (Wildman–Crippen MR) is 89.8 cm³/mol. The van der Waals surface area contributed by atoms with E-state index in [2.05, 4.69) is 41.6 Å². The summed E-state index contributed by atoms with van der Waals surface area (Å²) in [7, 11) is 0. The van der Waals surface area contributed by atoms with E-state index in [9.17, 15) is 5.11 Å². The Morgan fingerprint density at radius 1 is 1.38 bits per heavy atom. The third-order valence-corrected chi connectivity index (χ3v) is 4.90. The highest BCUT2D eigenvalue weighted by Crippen LogP contribution is 2.37. The van der Waals surface area contributed by atoms with Crippen LogP contribution in [-0.2, 0) is 6.54 Å². The van der Waals surface area contributed by atoms with Crippen LogP contribution in [0.5, 0.6) is 11.5 Å². The minimum Gasteiger partial charge on any atom is -0.503 e. The topological polar surface area (TPSA) is 32.7 Å². The second kappa shape index (κ2) is 6.57. The lowest BCUT2D eigenvalue weighted by Crippen LogP contribution is -2.25. The van der Waals surface area contributed by atoms with Gasteiger partial charge in [0.15, 0.2) is 11.5 Å². The van der Waals surface area contributed by atoms with E-state index in [-0.39, 0.29) is 5.75 Å². The summed E-state index contributed by atoms with van der Waals surface area (Å²) in [5.41, 5.74) is 1.55. The van der Waals surface area contributed by atoms with Crippen LogP contribution in [0, 0.1) is 11.3 Å². The van der Waals surface area contributed by atoms with Crippen LogP contribution < -0.4 is 4.74 Å². The van der Waals surface area contributed by atoms with E-state index < -0.39 is 0 Å². The highest BCUT2D eigenvalue weighted by molar-refractivity contribution is 9.10. The van der Waals surface area contributed by atoms with Crippen molar-refractivity contribution < 1.29 is 9.84 Å². The Hall–Kier alpha value is -0.740. The standard InChI is InChI=1S/C17H26BrNO2/c1-5-21-15-9-12(8-14(18)16(15)20)10-19-7-6-13(11-19)17(2,3)4/h8-9,13,20H,5-7,10-11H2,1-4H3. The van der Waals surface area contributed by atoms with Crippen LogP contribution >= 0.6 is 15.9 Å². The maximum absolute atomic E-state index is 9.98. The smallest absolute Gasteiger partial charge is 0.172 e. The summed E-state index contributed by atoms with van der Waals surface area (Å²) >= 11 is 3.41. The average Bonchev–Trinajstić information content (AvgIpc) is 2.84. The molecule has 2 rings (SSSR count). The Kier molecular flexibility index (Phi) is 5.20. The van der Waals surface area contributed by atoms with Gasteiger partial charge >= 0.3 is 0 Å². The minimum absolute atomic E-state index is 0.189. The molecule has 0 radical (unpaired) electrons. The normalized spacial score (nSPS) is 20.0. The van der Waals surface area contributed by atoms with E-state index in [4.69, 9.17) is 4.74 Å². The van der Waals surface area contributed by atoms with Gasteiger partial charge in [-0.2, -0.15) is 0 Å². The molecule has 0 saturated carbocycles. The third-order valence-electron chi connectivity index (χ3n) is 4.29. The number of hydrogen-bond donors (Lipinski definition) is 1. The number of aromatic hydroxyl groups is 1. The second-order valence-electron chi connectivity index (χ2n) is 6.94. The number of phenols is 1. The monoisotopic (exact) mass is 355 g/mol. The van der Waals surface area contributed by atoms with Crippen molar-refractivity contribution >= 4 is 15.9 Å². The van der Waals surface area contributed by atoms with E-state index in [1.807, 2.05) is 19.1 Å². The summed E-state index contributed by atoms with van der Waals surface area (Å²) in [6.45, 7) is 12.7. The van der Waals surface area contributed by atoms with E-state index >= 15 is 0 Å². The van der Waals surface area contributed by atoms with Gasteiger partial charge in [0.2, 0.25) is 0 Å². The first-order valence-electron chi connectivity index (χ1n) is 7.67. The zero-order valence-corrected chi connectivity index (χ0v) is 15.0.